The molecule has 1 aliphatic heterocycles. The molecule has 5 nitrogen and oxygen atoms in total. The molecule has 0 atom stereocenters. The number of rotatable bonds is 3. The van der Waals surface area contributed by atoms with Crippen molar-refractivity contribution in [3.63, 3.8) is 0 Å². The lowest BCUT2D eigenvalue weighted by Crippen LogP contribution is -2.34. The molecule has 24 heavy (non-hydrogen) atoms. The maximum atomic E-state index is 11.9. The number of carbonyl (C=O) groups excluding carboxylic acids is 1. The highest BCUT2D eigenvalue weighted by Gasteiger charge is 2.20. The summed E-state index contributed by atoms with van der Waals surface area (Å²) in [6.07, 6.45) is 2.49. The van der Waals surface area contributed by atoms with Crippen molar-refractivity contribution in [1.82, 2.24) is 10.3 Å². The lowest BCUT2D eigenvalue weighted by Gasteiger charge is -2.12. The van der Waals surface area contributed by atoms with E-state index in [4.69, 9.17) is 11.6 Å². The number of amides is 2. The molecule has 1 aliphatic rings. The molecule has 2 N–H and O–H groups in total. The number of benzene rings is 1. The van der Waals surface area contributed by atoms with Crippen LogP contribution in [-0.2, 0) is 6.42 Å². The third-order valence-electron chi connectivity index (χ3n) is 3.63. The van der Waals surface area contributed by atoms with E-state index in [1.165, 1.54) is 0 Å². The smallest absolute Gasteiger partial charge is 0.319 e. The quantitative estimate of drug-likeness (QED) is 0.875. The third kappa shape index (κ3) is 3.57. The Hall–Kier alpha value is -2.40. The number of aliphatic imine (C=N–C) groups is 1. The summed E-state index contributed by atoms with van der Waals surface area (Å²) >= 11 is 6.34. The molecule has 2 heterocycles. The van der Waals surface area contributed by atoms with Crippen LogP contribution in [0.2, 0.25) is 5.02 Å². The monoisotopic (exact) mass is 342 g/mol. The number of aryl methyl sites for hydroxylation is 1. The normalized spacial score (nSPS) is 12.8. The number of nitrogens with zero attached hydrogens (tertiary/aromatic N) is 2. The first-order valence-electron chi connectivity index (χ1n) is 7.83. The van der Waals surface area contributed by atoms with Gasteiger partial charge in [-0.3, -0.25) is 0 Å². The Labute approximate surface area is 146 Å². The van der Waals surface area contributed by atoms with Crippen molar-refractivity contribution in [2.24, 2.45) is 4.99 Å². The van der Waals surface area contributed by atoms with E-state index in [0.717, 1.165) is 28.2 Å². The van der Waals surface area contributed by atoms with Crippen LogP contribution in [0.15, 0.2) is 35.5 Å². The van der Waals surface area contributed by atoms with Crippen LogP contribution in [0.3, 0.4) is 0 Å². The Morgan fingerprint density at radius 2 is 2.08 bits per heavy atom. The summed E-state index contributed by atoms with van der Waals surface area (Å²) in [5.74, 6) is 0.738. The SMILES string of the molecule is Cc1cnc2c(c1)CC(c1cc(NC(=O)NC(C)C)ccc1Cl)=N2. The van der Waals surface area contributed by atoms with E-state index in [9.17, 15) is 4.79 Å². The molecular formula is C18H19ClN4O. The Morgan fingerprint density at radius 3 is 2.83 bits per heavy atom. The second kappa shape index (κ2) is 6.61. The van der Waals surface area contributed by atoms with Crippen LogP contribution in [-0.4, -0.2) is 22.8 Å². The van der Waals surface area contributed by atoms with Crippen LogP contribution < -0.4 is 10.6 Å². The van der Waals surface area contributed by atoms with Gasteiger partial charge < -0.3 is 10.6 Å². The standard InChI is InChI=1S/C18H19ClN4O/c1-10(2)21-18(24)22-13-4-5-15(19)14(8-13)16-7-12-6-11(3)9-20-17(12)23-16/h4-6,8-10H,7H2,1-3H3,(H2,21,22,24). The first-order valence-corrected chi connectivity index (χ1v) is 8.20. The van der Waals surface area contributed by atoms with E-state index >= 15 is 0 Å². The van der Waals surface area contributed by atoms with Gasteiger partial charge >= 0.3 is 6.03 Å². The van der Waals surface area contributed by atoms with Gasteiger partial charge in [-0.1, -0.05) is 17.7 Å². The predicted molar refractivity (Wildman–Crippen MR) is 97.6 cm³/mol. The van der Waals surface area contributed by atoms with Gasteiger partial charge in [-0.15, -0.1) is 0 Å². The number of aromatic nitrogens is 1. The number of anilines is 1. The van der Waals surface area contributed by atoms with Gasteiger partial charge in [-0.05, 0) is 44.5 Å². The number of pyridine rings is 1. The molecule has 0 unspecified atom stereocenters. The average Bonchev–Trinajstić information content (AvgIpc) is 2.91. The van der Waals surface area contributed by atoms with Crippen molar-refractivity contribution in [2.75, 3.05) is 5.32 Å². The summed E-state index contributed by atoms with van der Waals surface area (Å²) in [7, 11) is 0. The molecular weight excluding hydrogens is 324 g/mol. The van der Waals surface area contributed by atoms with Crippen LogP contribution in [0, 0.1) is 6.92 Å². The fourth-order valence-corrected chi connectivity index (χ4v) is 2.84. The Balaban J connectivity index is 1.84. The zero-order valence-electron chi connectivity index (χ0n) is 13.9. The average molecular weight is 343 g/mol. The molecule has 0 saturated carbocycles. The fourth-order valence-electron chi connectivity index (χ4n) is 2.61. The molecule has 3 rings (SSSR count). The fraction of sp³-hybridized carbons (Fsp3) is 0.278. The second-order valence-electron chi connectivity index (χ2n) is 6.18. The minimum atomic E-state index is -0.243. The third-order valence-corrected chi connectivity index (χ3v) is 3.96. The van der Waals surface area contributed by atoms with Crippen molar-refractivity contribution in [3.8, 4) is 0 Å². The first kappa shape index (κ1) is 16.5. The molecule has 0 spiro atoms. The maximum absolute atomic E-state index is 11.9. The van der Waals surface area contributed by atoms with Crippen LogP contribution >= 0.6 is 11.6 Å². The molecule has 0 bridgehead atoms. The van der Waals surface area contributed by atoms with E-state index < -0.39 is 0 Å². The van der Waals surface area contributed by atoms with E-state index in [1.54, 1.807) is 18.3 Å². The van der Waals surface area contributed by atoms with Crippen LogP contribution in [0.4, 0.5) is 16.3 Å². The Morgan fingerprint density at radius 1 is 1.29 bits per heavy atom. The minimum Gasteiger partial charge on any atom is -0.336 e. The first-order chi connectivity index (χ1) is 11.4. The van der Waals surface area contributed by atoms with Gasteiger partial charge in [0.05, 0.1) is 5.71 Å². The number of fused-ring (bicyclic) bond motifs is 1. The van der Waals surface area contributed by atoms with Crippen LogP contribution in [0.1, 0.15) is 30.5 Å². The molecule has 1 aromatic heterocycles. The zero-order chi connectivity index (χ0) is 17.3. The summed E-state index contributed by atoms with van der Waals surface area (Å²) in [4.78, 5) is 20.8. The molecule has 2 aromatic rings. The number of nitrogens with one attached hydrogen (secondary N) is 2. The molecule has 6 heteroatoms. The highest BCUT2D eigenvalue weighted by molar-refractivity contribution is 6.34. The highest BCUT2D eigenvalue weighted by Crippen LogP contribution is 2.31. The summed E-state index contributed by atoms with van der Waals surface area (Å²) < 4.78 is 0. The molecule has 0 saturated heterocycles. The summed E-state index contributed by atoms with van der Waals surface area (Å²) in [5, 5.41) is 6.21. The van der Waals surface area contributed by atoms with E-state index in [0.29, 0.717) is 17.1 Å². The largest absolute Gasteiger partial charge is 0.336 e. The van der Waals surface area contributed by atoms with E-state index in [-0.39, 0.29) is 12.1 Å². The van der Waals surface area contributed by atoms with E-state index in [1.807, 2.05) is 26.8 Å². The Kier molecular flexibility index (Phi) is 4.53. The molecule has 0 aliphatic carbocycles. The van der Waals surface area contributed by atoms with Gasteiger partial charge in [-0.2, -0.15) is 0 Å². The molecule has 124 valence electrons. The lowest BCUT2D eigenvalue weighted by molar-refractivity contribution is 0.250. The van der Waals surface area contributed by atoms with Gasteiger partial charge in [0.15, 0.2) is 5.82 Å². The van der Waals surface area contributed by atoms with Gasteiger partial charge in [0.2, 0.25) is 0 Å². The number of hydrogen-bond acceptors (Lipinski definition) is 3. The van der Waals surface area contributed by atoms with Crippen molar-refractivity contribution in [1.29, 1.82) is 0 Å². The summed E-state index contributed by atoms with van der Waals surface area (Å²) in [6.45, 7) is 5.83. The maximum Gasteiger partial charge on any atom is 0.319 e. The highest BCUT2D eigenvalue weighted by atomic mass is 35.5. The Bertz CT molecular complexity index is 830. The van der Waals surface area contributed by atoms with Gasteiger partial charge in [0, 0.05) is 40.5 Å². The number of halogens is 1. The number of urea groups is 1. The summed E-state index contributed by atoms with van der Waals surface area (Å²) in [5.41, 5.74) is 4.56. The number of carbonyl (C=O) groups is 1. The van der Waals surface area contributed by atoms with Crippen LogP contribution in [0.5, 0.6) is 0 Å². The second-order valence-corrected chi connectivity index (χ2v) is 6.59. The van der Waals surface area contributed by atoms with Crippen molar-refractivity contribution in [3.05, 3.63) is 52.2 Å². The van der Waals surface area contributed by atoms with Gasteiger partial charge in [0.25, 0.3) is 0 Å². The summed E-state index contributed by atoms with van der Waals surface area (Å²) in [6, 6.07) is 7.31. The predicted octanol–water partition coefficient (Wildman–Crippen LogP) is 4.25. The number of hydrogen-bond donors (Lipinski definition) is 2. The minimum absolute atomic E-state index is 0.0693. The van der Waals surface area contributed by atoms with Gasteiger partial charge in [0.1, 0.15) is 0 Å². The topological polar surface area (TPSA) is 66.4 Å². The van der Waals surface area contributed by atoms with Gasteiger partial charge in [-0.25, -0.2) is 14.8 Å². The van der Waals surface area contributed by atoms with Crippen LogP contribution in [0.25, 0.3) is 0 Å². The van der Waals surface area contributed by atoms with Crippen molar-refractivity contribution < 1.29 is 4.79 Å². The van der Waals surface area contributed by atoms with Crippen molar-refractivity contribution >= 4 is 34.8 Å². The zero-order valence-corrected chi connectivity index (χ0v) is 14.6. The van der Waals surface area contributed by atoms with E-state index in [2.05, 4.69) is 26.7 Å². The van der Waals surface area contributed by atoms with Crippen molar-refractivity contribution in [2.45, 2.75) is 33.2 Å². The molecule has 2 amide bonds. The molecule has 1 aromatic carbocycles. The molecule has 0 fully saturated rings. The molecule has 0 radical (unpaired) electrons. The lowest BCUT2D eigenvalue weighted by atomic mass is 10.0.